The molecule has 0 aliphatic heterocycles. The molecule has 0 radical (unpaired) electrons. The van der Waals surface area contributed by atoms with Gasteiger partial charge in [0.1, 0.15) is 0 Å². The van der Waals surface area contributed by atoms with E-state index >= 15 is 0 Å². The molecule has 3 heteroatoms. The molecule has 0 aliphatic carbocycles. The maximum absolute atomic E-state index is 5.17. The van der Waals surface area contributed by atoms with Crippen LogP contribution in [0.3, 0.4) is 0 Å². The molecule has 0 saturated heterocycles. The van der Waals surface area contributed by atoms with E-state index in [1.165, 1.54) is 0 Å². The Hall–Kier alpha value is -1.09. The molecule has 0 fully saturated rings. The van der Waals surface area contributed by atoms with Crippen molar-refractivity contribution in [2.45, 2.75) is 27.7 Å². The minimum absolute atomic E-state index is 0.440. The van der Waals surface area contributed by atoms with E-state index in [2.05, 4.69) is 13.2 Å². The molecule has 0 atom stereocenters. The topological polar surface area (TPSA) is 18.1 Å². The summed E-state index contributed by atoms with van der Waals surface area (Å²) >= 11 is 4.89. The summed E-state index contributed by atoms with van der Waals surface area (Å²) in [6, 6.07) is 0. The van der Waals surface area contributed by atoms with Crippen LogP contribution >= 0.6 is 12.2 Å². The van der Waals surface area contributed by atoms with E-state index < -0.39 is 0 Å². The lowest BCUT2D eigenvalue weighted by atomic mass is 10.3. The third kappa shape index (κ3) is 4.30. The van der Waals surface area contributed by atoms with E-state index in [-0.39, 0.29) is 0 Å². The highest BCUT2D eigenvalue weighted by atomic mass is 32.1. The van der Waals surface area contributed by atoms with Gasteiger partial charge in [0.2, 0.25) is 0 Å². The van der Waals surface area contributed by atoms with Crippen LogP contribution in [0.25, 0.3) is 12.2 Å². The lowest BCUT2D eigenvalue weighted by Gasteiger charge is -1.91. The Morgan fingerprint density at radius 2 is 1.60 bits per heavy atom. The maximum atomic E-state index is 5.17. The normalized spacial score (nSPS) is 7.80. The molecule has 86 valence electrons. The second-order valence-electron chi connectivity index (χ2n) is 2.08. The summed E-state index contributed by atoms with van der Waals surface area (Å²) in [5.74, 6) is 0.674. The van der Waals surface area contributed by atoms with Gasteiger partial charge >= 0.3 is 0 Å². The van der Waals surface area contributed by atoms with E-state index in [0.29, 0.717) is 10.6 Å². The van der Waals surface area contributed by atoms with Gasteiger partial charge in [0, 0.05) is 7.05 Å². The number of nitrogens with zero attached hydrogens (tertiary/aromatic N) is 1. The predicted molar refractivity (Wildman–Crippen MR) is 71.4 cm³/mol. The molecule has 0 N–H and O–H groups in total. The summed E-state index contributed by atoms with van der Waals surface area (Å²) in [5, 5.41) is 0. The van der Waals surface area contributed by atoms with Gasteiger partial charge in [-0.05, 0) is 24.4 Å². The van der Waals surface area contributed by atoms with Crippen molar-refractivity contribution >= 4 is 24.4 Å². The van der Waals surface area contributed by atoms with Crippen LogP contribution in [0.5, 0.6) is 0 Å². The summed E-state index contributed by atoms with van der Waals surface area (Å²) < 4.78 is 6.92. The summed E-state index contributed by atoms with van der Waals surface area (Å²) in [6.07, 6.45) is 3.31. The molecule has 2 nitrogen and oxygen atoms in total. The molecule has 0 unspecified atom stereocenters. The number of hydrogen-bond acceptors (Lipinski definition) is 2. The van der Waals surface area contributed by atoms with Crippen LogP contribution in [0.2, 0.25) is 0 Å². The van der Waals surface area contributed by atoms with Gasteiger partial charge in [-0.15, -0.1) is 0 Å². The highest BCUT2D eigenvalue weighted by Gasteiger charge is 2.04. The SMILES string of the molecule is C=Cc1oc(=S)n(C)c1C=C.CC.CC. The van der Waals surface area contributed by atoms with Gasteiger partial charge in [-0.2, -0.15) is 0 Å². The van der Waals surface area contributed by atoms with Crippen molar-refractivity contribution in [2.75, 3.05) is 0 Å². The van der Waals surface area contributed by atoms with Crippen molar-refractivity contribution < 1.29 is 4.42 Å². The van der Waals surface area contributed by atoms with Crippen molar-refractivity contribution in [2.24, 2.45) is 7.05 Å². The van der Waals surface area contributed by atoms with Crippen LogP contribution in [0.15, 0.2) is 17.6 Å². The molecule has 1 aromatic rings. The fraction of sp³-hybridized carbons (Fsp3) is 0.417. The van der Waals surface area contributed by atoms with Crippen molar-refractivity contribution in [3.63, 3.8) is 0 Å². The Kier molecular flexibility index (Phi) is 10.3. The molecule has 0 spiro atoms. The summed E-state index contributed by atoms with van der Waals surface area (Å²) in [4.78, 5) is 0.440. The van der Waals surface area contributed by atoms with Crippen molar-refractivity contribution in [1.29, 1.82) is 0 Å². The predicted octanol–water partition coefficient (Wildman–Crippen LogP) is 4.69. The summed E-state index contributed by atoms with van der Waals surface area (Å²) in [5.41, 5.74) is 0.866. The molecule has 0 amide bonds. The van der Waals surface area contributed by atoms with E-state index in [4.69, 9.17) is 16.6 Å². The lowest BCUT2D eigenvalue weighted by molar-refractivity contribution is 0.515. The maximum Gasteiger partial charge on any atom is 0.269 e. The van der Waals surface area contributed by atoms with Gasteiger partial charge in [0.15, 0.2) is 5.76 Å². The number of aromatic nitrogens is 1. The third-order valence-electron chi connectivity index (χ3n) is 1.46. The summed E-state index contributed by atoms with van der Waals surface area (Å²) in [7, 11) is 1.83. The Morgan fingerprint density at radius 3 is 1.87 bits per heavy atom. The molecule has 0 bridgehead atoms. The van der Waals surface area contributed by atoms with E-state index in [0.717, 1.165) is 5.69 Å². The average Bonchev–Trinajstić information content (AvgIpc) is 2.60. The molecule has 1 rings (SSSR count). The molecule has 1 heterocycles. The molecule has 1 aromatic heterocycles. The Balaban J connectivity index is 0. The Bertz CT molecular complexity index is 347. The number of hydrogen-bond donors (Lipinski definition) is 0. The minimum Gasteiger partial charge on any atom is -0.429 e. The highest BCUT2D eigenvalue weighted by molar-refractivity contribution is 7.71. The number of rotatable bonds is 2. The van der Waals surface area contributed by atoms with Crippen LogP contribution in [0.4, 0.5) is 0 Å². The molecular formula is C12H21NOS. The Morgan fingerprint density at radius 1 is 1.13 bits per heavy atom. The quantitative estimate of drug-likeness (QED) is 0.682. The first-order valence-electron chi connectivity index (χ1n) is 5.15. The monoisotopic (exact) mass is 227 g/mol. The van der Waals surface area contributed by atoms with Gasteiger partial charge in [-0.3, -0.25) is 0 Å². The second-order valence-corrected chi connectivity index (χ2v) is 2.43. The fourth-order valence-electron chi connectivity index (χ4n) is 0.862. The van der Waals surface area contributed by atoms with Gasteiger partial charge < -0.3 is 8.98 Å². The van der Waals surface area contributed by atoms with Crippen LogP contribution in [-0.4, -0.2) is 4.57 Å². The molecular weight excluding hydrogens is 206 g/mol. The van der Waals surface area contributed by atoms with Crippen molar-refractivity contribution in [3.05, 3.63) is 29.4 Å². The fourth-order valence-corrected chi connectivity index (χ4v) is 1.05. The van der Waals surface area contributed by atoms with Crippen molar-refractivity contribution in [1.82, 2.24) is 4.57 Å². The smallest absolute Gasteiger partial charge is 0.269 e. The van der Waals surface area contributed by atoms with E-state index in [1.54, 1.807) is 16.7 Å². The van der Waals surface area contributed by atoms with Crippen molar-refractivity contribution in [3.8, 4) is 0 Å². The molecule has 0 saturated carbocycles. The van der Waals surface area contributed by atoms with Gasteiger partial charge in [0.25, 0.3) is 4.84 Å². The largest absolute Gasteiger partial charge is 0.429 e. The standard InChI is InChI=1S/C8H9NOS.2C2H6/c1-4-6-7(5-2)10-8(11)9(6)3;2*1-2/h4-5H,1-2H2,3H3;2*1-2H3. The van der Waals surface area contributed by atoms with Gasteiger partial charge in [0.05, 0.1) is 5.69 Å². The van der Waals surface area contributed by atoms with Crippen LogP contribution in [0.1, 0.15) is 39.1 Å². The lowest BCUT2D eigenvalue weighted by Crippen LogP contribution is -1.89. The van der Waals surface area contributed by atoms with E-state index in [9.17, 15) is 0 Å². The summed E-state index contributed by atoms with van der Waals surface area (Å²) in [6.45, 7) is 15.2. The van der Waals surface area contributed by atoms with Gasteiger partial charge in [-0.1, -0.05) is 40.9 Å². The Labute approximate surface area is 97.9 Å². The zero-order chi connectivity index (χ0) is 12.4. The van der Waals surface area contributed by atoms with E-state index in [1.807, 2.05) is 34.7 Å². The minimum atomic E-state index is 0.440. The first kappa shape index (κ1) is 16.3. The average molecular weight is 227 g/mol. The third-order valence-corrected chi connectivity index (χ3v) is 1.82. The highest BCUT2D eigenvalue weighted by Crippen LogP contribution is 2.13. The number of oxazole rings is 1. The first-order valence-corrected chi connectivity index (χ1v) is 5.56. The first-order chi connectivity index (χ1) is 7.20. The van der Waals surface area contributed by atoms with Crippen LogP contribution in [0, 0.1) is 4.84 Å². The molecule has 15 heavy (non-hydrogen) atoms. The molecule has 0 aliphatic rings. The second kappa shape index (κ2) is 9.46. The van der Waals surface area contributed by atoms with Crippen LogP contribution in [-0.2, 0) is 7.05 Å². The van der Waals surface area contributed by atoms with Gasteiger partial charge in [-0.25, -0.2) is 0 Å². The molecule has 0 aromatic carbocycles. The zero-order valence-electron chi connectivity index (χ0n) is 10.3. The zero-order valence-corrected chi connectivity index (χ0v) is 11.1. The van der Waals surface area contributed by atoms with Crippen LogP contribution < -0.4 is 0 Å².